The molecule has 1 N–H and O–H groups in total. The molecule has 0 heterocycles. The second kappa shape index (κ2) is 11.3. The smallest absolute Gasteiger partial charge is 0.313 e. The van der Waals surface area contributed by atoms with Crippen LogP contribution in [0.25, 0.3) is 0 Å². The Labute approximate surface area is 184 Å². The minimum absolute atomic E-state index is 0.131. The van der Waals surface area contributed by atoms with Crippen molar-refractivity contribution in [3.63, 3.8) is 0 Å². The van der Waals surface area contributed by atoms with E-state index in [1.165, 1.54) is 6.07 Å². The van der Waals surface area contributed by atoms with Crippen molar-refractivity contribution >= 4 is 5.97 Å². The molecule has 0 aliphatic rings. The van der Waals surface area contributed by atoms with Gasteiger partial charge in [-0.25, -0.2) is 0 Å². The molecule has 0 amide bonds. The maximum absolute atomic E-state index is 12.4. The Morgan fingerprint density at radius 2 is 1.67 bits per heavy atom. The van der Waals surface area contributed by atoms with Gasteiger partial charge in [-0.1, -0.05) is 50.2 Å². The molecule has 164 valence electrons. The van der Waals surface area contributed by atoms with Gasteiger partial charge < -0.3 is 9.84 Å². The first-order chi connectivity index (χ1) is 14.9. The second-order valence-electron chi connectivity index (χ2n) is 8.62. The molecular formula is C26H37NO3. The molecule has 1 atom stereocenters. The van der Waals surface area contributed by atoms with Gasteiger partial charge in [-0.3, -0.25) is 9.69 Å². The fourth-order valence-electron chi connectivity index (χ4n) is 3.79. The summed E-state index contributed by atoms with van der Waals surface area (Å²) in [6, 6.07) is 15.4. The Morgan fingerprint density at radius 3 is 2.20 bits per heavy atom. The summed E-state index contributed by atoms with van der Waals surface area (Å²) in [5.41, 5.74) is 1.90. The molecule has 0 unspecified atom stereocenters. The van der Waals surface area contributed by atoms with Gasteiger partial charge in [-0.05, 0) is 63.9 Å². The maximum Gasteiger partial charge on any atom is 0.313 e. The fourth-order valence-corrected chi connectivity index (χ4v) is 3.79. The average molecular weight is 414 g/mol. The van der Waals surface area contributed by atoms with Crippen LogP contribution in [0.4, 0.5) is 0 Å². The summed E-state index contributed by atoms with van der Waals surface area (Å²) >= 11 is 0. The van der Waals surface area contributed by atoms with Crippen LogP contribution in [0.3, 0.4) is 0 Å². The summed E-state index contributed by atoms with van der Waals surface area (Å²) in [4.78, 5) is 14.8. The van der Waals surface area contributed by atoms with Crippen molar-refractivity contribution in [1.82, 2.24) is 4.90 Å². The van der Waals surface area contributed by atoms with Crippen LogP contribution in [0.5, 0.6) is 5.75 Å². The molecule has 0 aliphatic heterocycles. The number of hydrogen-bond acceptors (Lipinski definition) is 4. The van der Waals surface area contributed by atoms with Crippen LogP contribution in [0.2, 0.25) is 0 Å². The van der Waals surface area contributed by atoms with Crippen LogP contribution in [0, 0.1) is 5.92 Å². The SMILES string of the molecule is [2H]C([2H])(O)c1ccc(OC(=O)C(C)C)c([C@H](CCN(C(C)C)C(C)C)c2ccccc2)c1. The van der Waals surface area contributed by atoms with E-state index in [9.17, 15) is 9.90 Å². The number of ether oxygens (including phenoxy) is 1. The highest BCUT2D eigenvalue weighted by molar-refractivity contribution is 5.75. The second-order valence-corrected chi connectivity index (χ2v) is 8.62. The molecule has 4 heteroatoms. The van der Waals surface area contributed by atoms with Gasteiger partial charge in [0, 0.05) is 23.6 Å². The highest BCUT2D eigenvalue weighted by Crippen LogP contribution is 2.36. The summed E-state index contributed by atoms with van der Waals surface area (Å²) in [7, 11) is 0. The van der Waals surface area contributed by atoms with Crippen LogP contribution in [0.1, 0.15) is 73.3 Å². The van der Waals surface area contributed by atoms with E-state index in [2.05, 4.69) is 32.6 Å². The van der Waals surface area contributed by atoms with Crippen LogP contribution in [0.15, 0.2) is 48.5 Å². The van der Waals surface area contributed by atoms with Crippen molar-refractivity contribution < 1.29 is 17.4 Å². The van der Waals surface area contributed by atoms with Crippen LogP contribution >= 0.6 is 0 Å². The van der Waals surface area contributed by atoms with E-state index >= 15 is 0 Å². The molecule has 0 saturated carbocycles. The minimum Gasteiger partial charge on any atom is -0.426 e. The van der Waals surface area contributed by atoms with Gasteiger partial charge in [0.05, 0.1) is 15.2 Å². The first-order valence-electron chi connectivity index (χ1n) is 11.8. The number of benzene rings is 2. The van der Waals surface area contributed by atoms with E-state index in [4.69, 9.17) is 7.48 Å². The molecule has 4 nitrogen and oxygen atoms in total. The third-order valence-electron chi connectivity index (χ3n) is 5.40. The molecule has 30 heavy (non-hydrogen) atoms. The minimum atomic E-state index is -2.49. The molecule has 0 radical (unpaired) electrons. The third-order valence-corrected chi connectivity index (χ3v) is 5.40. The number of carbonyl (C=O) groups is 1. The molecule has 2 rings (SSSR count). The first-order valence-corrected chi connectivity index (χ1v) is 10.8. The van der Waals surface area contributed by atoms with Crippen molar-refractivity contribution in [2.75, 3.05) is 6.54 Å². The largest absolute Gasteiger partial charge is 0.426 e. The number of carbonyl (C=O) groups excluding carboxylic acids is 1. The Bertz CT molecular complexity index is 868. The van der Waals surface area contributed by atoms with Gasteiger partial charge in [0.25, 0.3) is 0 Å². The summed E-state index contributed by atoms with van der Waals surface area (Å²) in [5.74, 6) is -0.358. The zero-order valence-corrected chi connectivity index (χ0v) is 19.1. The Balaban J connectivity index is 2.57. The average Bonchev–Trinajstić information content (AvgIpc) is 2.71. The summed E-state index contributed by atoms with van der Waals surface area (Å²) < 4.78 is 21.3. The first kappa shape index (κ1) is 21.1. The van der Waals surface area contributed by atoms with Crippen LogP contribution in [-0.2, 0) is 11.4 Å². The molecule has 0 fully saturated rings. The van der Waals surface area contributed by atoms with E-state index in [0.717, 1.165) is 18.5 Å². The molecule has 0 saturated heterocycles. The van der Waals surface area contributed by atoms with Gasteiger partial charge in [-0.2, -0.15) is 0 Å². The van der Waals surface area contributed by atoms with Crippen molar-refractivity contribution in [3.8, 4) is 5.75 Å². The van der Waals surface area contributed by atoms with Crippen molar-refractivity contribution in [3.05, 3.63) is 65.2 Å². The Morgan fingerprint density at radius 1 is 1.03 bits per heavy atom. The molecule has 2 aromatic rings. The van der Waals surface area contributed by atoms with Gasteiger partial charge in [0.15, 0.2) is 0 Å². The van der Waals surface area contributed by atoms with E-state index in [-0.39, 0.29) is 23.4 Å². The lowest BCUT2D eigenvalue weighted by atomic mass is 9.86. The molecular weight excluding hydrogens is 374 g/mol. The Kier molecular flexibility index (Phi) is 7.93. The standard InChI is InChI=1S/C26H37NO3/c1-18(2)26(29)30-25-13-12-21(17-28)16-24(25)23(22-10-8-7-9-11-22)14-15-27(19(3)4)20(5)6/h7-13,16,18-20,23,28H,14-15,17H2,1-6H3/t23-/m1/s1/i17D2. The van der Waals surface area contributed by atoms with Gasteiger partial charge in [0.2, 0.25) is 0 Å². The molecule has 2 aromatic carbocycles. The molecule has 0 aromatic heterocycles. The lowest BCUT2D eigenvalue weighted by molar-refractivity contribution is -0.137. The zero-order valence-electron chi connectivity index (χ0n) is 21.1. The van der Waals surface area contributed by atoms with Gasteiger partial charge >= 0.3 is 5.97 Å². The van der Waals surface area contributed by atoms with E-state index in [1.807, 2.05) is 30.3 Å². The van der Waals surface area contributed by atoms with Gasteiger partial charge in [-0.15, -0.1) is 0 Å². The number of esters is 1. The predicted octanol–water partition coefficient (Wildman–Crippen LogP) is 5.38. The number of rotatable bonds is 10. The van der Waals surface area contributed by atoms with Gasteiger partial charge in [0.1, 0.15) is 5.75 Å². The van der Waals surface area contributed by atoms with Crippen molar-refractivity contribution in [1.29, 1.82) is 0 Å². The highest BCUT2D eigenvalue weighted by Gasteiger charge is 2.23. The number of nitrogens with zero attached hydrogens (tertiary/aromatic N) is 1. The maximum atomic E-state index is 12.4. The summed E-state index contributed by atoms with van der Waals surface area (Å²) in [6.07, 6.45) is 0.754. The lowest BCUT2D eigenvalue weighted by Gasteiger charge is -2.32. The molecule has 0 bridgehead atoms. The summed E-state index contributed by atoms with van der Waals surface area (Å²) in [6.45, 7) is 10.6. The van der Waals surface area contributed by atoms with Crippen LogP contribution in [-0.4, -0.2) is 34.6 Å². The number of hydrogen-bond donors (Lipinski definition) is 1. The number of aliphatic hydroxyl groups is 1. The van der Waals surface area contributed by atoms with E-state index in [0.29, 0.717) is 23.4 Å². The quantitative estimate of drug-likeness (QED) is 0.420. The topological polar surface area (TPSA) is 49.8 Å². The Hall–Kier alpha value is -2.17. The zero-order chi connectivity index (χ0) is 24.1. The third kappa shape index (κ3) is 6.41. The normalized spacial score (nSPS) is 14.2. The predicted molar refractivity (Wildman–Crippen MR) is 123 cm³/mol. The van der Waals surface area contributed by atoms with E-state index in [1.54, 1.807) is 26.0 Å². The molecule has 0 aliphatic carbocycles. The van der Waals surface area contributed by atoms with Crippen LogP contribution < -0.4 is 4.74 Å². The highest BCUT2D eigenvalue weighted by atomic mass is 16.5. The monoisotopic (exact) mass is 413 g/mol. The van der Waals surface area contributed by atoms with E-state index < -0.39 is 6.56 Å². The van der Waals surface area contributed by atoms with Crippen molar-refractivity contribution in [2.24, 2.45) is 5.92 Å². The molecule has 0 spiro atoms. The summed E-state index contributed by atoms with van der Waals surface area (Å²) in [5, 5.41) is 10.0. The lowest BCUT2D eigenvalue weighted by Crippen LogP contribution is -2.38. The van der Waals surface area contributed by atoms with Crippen molar-refractivity contribution in [2.45, 2.75) is 72.5 Å². The fraction of sp³-hybridized carbons (Fsp3) is 0.500.